The molecule has 0 fully saturated rings. The van der Waals surface area contributed by atoms with Gasteiger partial charge in [0.25, 0.3) is 0 Å². The van der Waals surface area contributed by atoms with Crippen molar-refractivity contribution in [1.82, 2.24) is 20.5 Å². The van der Waals surface area contributed by atoms with Gasteiger partial charge in [0.05, 0.1) is 6.04 Å². The van der Waals surface area contributed by atoms with Gasteiger partial charge >= 0.3 is 0 Å². The molecule has 0 amide bonds. The molecule has 6 heteroatoms. The van der Waals surface area contributed by atoms with Crippen molar-refractivity contribution in [3.05, 3.63) is 27.8 Å². The minimum absolute atomic E-state index is 0.275. The lowest BCUT2D eigenvalue weighted by atomic mass is 10.2. The van der Waals surface area contributed by atoms with Gasteiger partial charge in [-0.2, -0.15) is 0 Å². The van der Waals surface area contributed by atoms with Gasteiger partial charge in [-0.3, -0.25) is 4.98 Å². The van der Waals surface area contributed by atoms with Crippen molar-refractivity contribution in [3.8, 4) is 10.7 Å². The van der Waals surface area contributed by atoms with Crippen LogP contribution in [0.4, 0.5) is 0 Å². The summed E-state index contributed by atoms with van der Waals surface area (Å²) in [6, 6.07) is 4.17. The van der Waals surface area contributed by atoms with Gasteiger partial charge in [-0.05, 0) is 41.5 Å². The van der Waals surface area contributed by atoms with Crippen LogP contribution in [-0.4, -0.2) is 22.2 Å². The quantitative estimate of drug-likeness (QED) is 0.942. The van der Waals surface area contributed by atoms with Crippen LogP contribution in [0.3, 0.4) is 0 Å². The van der Waals surface area contributed by atoms with Crippen LogP contribution in [0, 0.1) is 0 Å². The van der Waals surface area contributed by atoms with E-state index < -0.39 is 0 Å². The highest BCUT2D eigenvalue weighted by molar-refractivity contribution is 9.10. The average molecular weight is 313 g/mol. The van der Waals surface area contributed by atoms with Crippen LogP contribution in [0.2, 0.25) is 0 Å². The summed E-state index contributed by atoms with van der Waals surface area (Å²) < 4.78 is 0.965. The van der Waals surface area contributed by atoms with Gasteiger partial charge in [-0.25, -0.2) is 0 Å². The largest absolute Gasteiger partial charge is 0.311 e. The first-order chi connectivity index (χ1) is 8.24. The highest BCUT2D eigenvalue weighted by Crippen LogP contribution is 2.27. The standard InChI is InChI=1S/C11H13BrN4S/c1-3-8(13-2)10-15-16-11(17-10)9-5-4-7(12)6-14-9/h4-6,8,13H,3H2,1-2H3. The molecule has 2 heterocycles. The lowest BCUT2D eigenvalue weighted by Gasteiger charge is -2.07. The topological polar surface area (TPSA) is 50.7 Å². The second-order valence-electron chi connectivity index (χ2n) is 3.56. The molecule has 0 aromatic carbocycles. The normalized spacial score (nSPS) is 12.6. The predicted molar refractivity (Wildman–Crippen MR) is 72.9 cm³/mol. The summed E-state index contributed by atoms with van der Waals surface area (Å²) in [5, 5.41) is 13.5. The molecular weight excluding hydrogens is 300 g/mol. The summed E-state index contributed by atoms with van der Waals surface area (Å²) in [7, 11) is 1.94. The van der Waals surface area contributed by atoms with E-state index in [1.165, 1.54) is 0 Å². The summed E-state index contributed by atoms with van der Waals surface area (Å²) in [6.07, 6.45) is 2.77. The molecule has 0 aliphatic rings. The smallest absolute Gasteiger partial charge is 0.166 e. The predicted octanol–water partition coefficient (Wildman–Crippen LogP) is 3.03. The zero-order valence-corrected chi connectivity index (χ0v) is 12.0. The second-order valence-corrected chi connectivity index (χ2v) is 5.48. The number of rotatable bonds is 4. The Labute approximate surface area is 113 Å². The molecule has 2 aromatic rings. The zero-order valence-electron chi connectivity index (χ0n) is 9.64. The Balaban J connectivity index is 2.26. The minimum atomic E-state index is 0.275. The van der Waals surface area contributed by atoms with Crippen molar-refractivity contribution >= 4 is 27.3 Å². The molecule has 17 heavy (non-hydrogen) atoms. The van der Waals surface area contributed by atoms with Crippen LogP contribution in [0.15, 0.2) is 22.8 Å². The van der Waals surface area contributed by atoms with E-state index in [0.717, 1.165) is 26.6 Å². The number of pyridine rings is 1. The number of nitrogens with one attached hydrogen (secondary N) is 1. The number of hydrogen-bond donors (Lipinski definition) is 1. The molecule has 0 saturated heterocycles. The molecular formula is C11H13BrN4S. The van der Waals surface area contributed by atoms with Crippen molar-refractivity contribution in [2.24, 2.45) is 0 Å². The molecule has 1 unspecified atom stereocenters. The van der Waals surface area contributed by atoms with E-state index in [2.05, 4.69) is 43.4 Å². The molecule has 0 spiro atoms. The summed E-state index contributed by atoms with van der Waals surface area (Å²) in [4.78, 5) is 4.31. The maximum absolute atomic E-state index is 4.31. The fourth-order valence-electron chi connectivity index (χ4n) is 1.48. The lowest BCUT2D eigenvalue weighted by Crippen LogP contribution is -2.14. The lowest BCUT2D eigenvalue weighted by molar-refractivity contribution is 0.568. The van der Waals surface area contributed by atoms with Crippen molar-refractivity contribution < 1.29 is 0 Å². The third kappa shape index (κ3) is 2.88. The van der Waals surface area contributed by atoms with E-state index in [1.807, 2.05) is 19.2 Å². The average Bonchev–Trinajstić information content (AvgIpc) is 2.81. The fourth-order valence-corrected chi connectivity index (χ4v) is 2.73. The van der Waals surface area contributed by atoms with Crippen LogP contribution < -0.4 is 5.32 Å². The number of halogens is 1. The molecule has 1 atom stereocenters. The van der Waals surface area contributed by atoms with Crippen LogP contribution >= 0.6 is 27.3 Å². The van der Waals surface area contributed by atoms with Gasteiger partial charge in [0.1, 0.15) is 10.7 Å². The Kier molecular flexibility index (Phi) is 4.20. The third-order valence-corrected chi connectivity index (χ3v) is 3.97. The van der Waals surface area contributed by atoms with Crippen molar-refractivity contribution in [2.45, 2.75) is 19.4 Å². The zero-order chi connectivity index (χ0) is 12.3. The SMILES string of the molecule is CCC(NC)c1nnc(-c2ccc(Br)cn2)s1. The minimum Gasteiger partial charge on any atom is -0.311 e. The van der Waals surface area contributed by atoms with Gasteiger partial charge < -0.3 is 5.32 Å². The molecule has 90 valence electrons. The van der Waals surface area contributed by atoms with E-state index in [-0.39, 0.29) is 6.04 Å². The monoisotopic (exact) mass is 312 g/mol. The summed E-state index contributed by atoms with van der Waals surface area (Å²) >= 11 is 4.95. The van der Waals surface area contributed by atoms with E-state index in [1.54, 1.807) is 17.5 Å². The fraction of sp³-hybridized carbons (Fsp3) is 0.364. The Bertz CT molecular complexity index is 478. The maximum atomic E-state index is 4.31. The van der Waals surface area contributed by atoms with Crippen LogP contribution in [-0.2, 0) is 0 Å². The highest BCUT2D eigenvalue weighted by Gasteiger charge is 2.14. The van der Waals surface area contributed by atoms with Gasteiger partial charge in [0.15, 0.2) is 5.01 Å². The van der Waals surface area contributed by atoms with Crippen LogP contribution in [0.5, 0.6) is 0 Å². The van der Waals surface area contributed by atoms with Gasteiger partial charge in [-0.1, -0.05) is 18.3 Å². The highest BCUT2D eigenvalue weighted by atomic mass is 79.9. The molecule has 0 aliphatic carbocycles. The molecule has 2 rings (SSSR count). The first-order valence-electron chi connectivity index (χ1n) is 5.37. The Morgan fingerprint density at radius 2 is 2.24 bits per heavy atom. The summed E-state index contributed by atoms with van der Waals surface area (Å²) in [5.41, 5.74) is 0.864. The first kappa shape index (κ1) is 12.6. The third-order valence-electron chi connectivity index (χ3n) is 2.44. The molecule has 0 radical (unpaired) electrons. The Morgan fingerprint density at radius 1 is 1.41 bits per heavy atom. The van der Waals surface area contributed by atoms with E-state index in [4.69, 9.17) is 0 Å². The van der Waals surface area contributed by atoms with Gasteiger partial charge in [0.2, 0.25) is 0 Å². The number of hydrogen-bond acceptors (Lipinski definition) is 5. The van der Waals surface area contributed by atoms with E-state index >= 15 is 0 Å². The molecule has 0 bridgehead atoms. The summed E-state index contributed by atoms with van der Waals surface area (Å²) in [6.45, 7) is 2.13. The van der Waals surface area contributed by atoms with E-state index in [0.29, 0.717) is 0 Å². The van der Waals surface area contributed by atoms with Crippen molar-refractivity contribution in [1.29, 1.82) is 0 Å². The number of nitrogens with zero attached hydrogens (tertiary/aromatic N) is 3. The Morgan fingerprint density at radius 3 is 2.82 bits per heavy atom. The van der Waals surface area contributed by atoms with Gasteiger partial charge in [0, 0.05) is 10.7 Å². The summed E-state index contributed by atoms with van der Waals surface area (Å²) in [5.74, 6) is 0. The van der Waals surface area contributed by atoms with Gasteiger partial charge in [-0.15, -0.1) is 10.2 Å². The van der Waals surface area contributed by atoms with E-state index in [9.17, 15) is 0 Å². The molecule has 0 saturated carbocycles. The van der Waals surface area contributed by atoms with Crippen molar-refractivity contribution in [2.75, 3.05) is 7.05 Å². The molecule has 2 aromatic heterocycles. The molecule has 0 aliphatic heterocycles. The van der Waals surface area contributed by atoms with Crippen molar-refractivity contribution in [3.63, 3.8) is 0 Å². The molecule has 1 N–H and O–H groups in total. The number of aromatic nitrogens is 3. The molecule has 4 nitrogen and oxygen atoms in total. The van der Waals surface area contributed by atoms with Crippen LogP contribution in [0.25, 0.3) is 10.7 Å². The van der Waals surface area contributed by atoms with Crippen LogP contribution in [0.1, 0.15) is 24.4 Å². The Hall–Kier alpha value is -0.850. The first-order valence-corrected chi connectivity index (χ1v) is 6.98. The second kappa shape index (κ2) is 5.66. The maximum Gasteiger partial charge on any atom is 0.166 e.